The van der Waals surface area contributed by atoms with Gasteiger partial charge in [0.2, 0.25) is 12.7 Å². The molecule has 148 valence electrons. The van der Waals surface area contributed by atoms with E-state index >= 15 is 0 Å². The highest BCUT2D eigenvalue weighted by Crippen LogP contribution is 2.36. The van der Waals surface area contributed by atoms with Gasteiger partial charge >= 0.3 is 0 Å². The van der Waals surface area contributed by atoms with Crippen molar-refractivity contribution >= 4 is 23.2 Å². The normalized spacial score (nSPS) is 13.3. The van der Waals surface area contributed by atoms with E-state index in [1.54, 1.807) is 23.1 Å². The van der Waals surface area contributed by atoms with Gasteiger partial charge in [-0.3, -0.25) is 4.79 Å². The van der Waals surface area contributed by atoms with Crippen LogP contribution in [0.25, 0.3) is 0 Å². The molecule has 0 N–H and O–H groups in total. The molecular formula is C22H24ClNO4. The Morgan fingerprint density at radius 1 is 1.25 bits per heavy atom. The second-order valence-corrected chi connectivity index (χ2v) is 7.09. The van der Waals surface area contributed by atoms with Crippen LogP contribution < -0.4 is 19.1 Å². The van der Waals surface area contributed by atoms with Crippen molar-refractivity contribution in [3.63, 3.8) is 0 Å². The topological polar surface area (TPSA) is 48.0 Å². The molecule has 1 heterocycles. The molecule has 1 amide bonds. The van der Waals surface area contributed by atoms with Crippen molar-refractivity contribution in [2.24, 2.45) is 5.92 Å². The van der Waals surface area contributed by atoms with Crippen LogP contribution in [-0.4, -0.2) is 24.7 Å². The first-order valence-corrected chi connectivity index (χ1v) is 9.70. The number of para-hydroxylation sites is 1. The number of amides is 1. The fourth-order valence-corrected chi connectivity index (χ4v) is 3.12. The molecular weight excluding hydrogens is 378 g/mol. The first-order valence-electron chi connectivity index (χ1n) is 9.16. The van der Waals surface area contributed by atoms with E-state index in [0.717, 1.165) is 5.56 Å². The number of hydrogen-bond acceptors (Lipinski definition) is 4. The van der Waals surface area contributed by atoms with Crippen LogP contribution in [0.5, 0.6) is 17.2 Å². The Balaban J connectivity index is 1.90. The summed E-state index contributed by atoms with van der Waals surface area (Å²) in [5, 5.41) is 0. The van der Waals surface area contributed by atoms with Gasteiger partial charge in [-0.05, 0) is 24.1 Å². The maximum Gasteiger partial charge on any atom is 0.242 e. The van der Waals surface area contributed by atoms with Crippen LogP contribution in [0.2, 0.25) is 0 Å². The minimum absolute atomic E-state index is 0.121. The molecule has 1 aliphatic rings. The van der Waals surface area contributed by atoms with Crippen LogP contribution in [0.1, 0.15) is 19.4 Å². The molecule has 0 fully saturated rings. The first kappa shape index (κ1) is 20.1. The lowest BCUT2D eigenvalue weighted by atomic mass is 10.1. The van der Waals surface area contributed by atoms with E-state index in [1.165, 1.54) is 0 Å². The van der Waals surface area contributed by atoms with E-state index in [9.17, 15) is 4.79 Å². The molecule has 1 aliphatic heterocycles. The van der Waals surface area contributed by atoms with E-state index in [4.69, 9.17) is 25.8 Å². The number of alkyl halides is 1. The molecule has 0 bridgehead atoms. The summed E-state index contributed by atoms with van der Waals surface area (Å²) in [4.78, 5) is 14.2. The highest BCUT2D eigenvalue weighted by molar-refractivity contribution is 6.29. The Hall–Kier alpha value is -2.66. The third-order valence-electron chi connectivity index (χ3n) is 4.54. The van der Waals surface area contributed by atoms with Gasteiger partial charge in [0.05, 0.1) is 6.54 Å². The van der Waals surface area contributed by atoms with E-state index in [0.29, 0.717) is 29.5 Å². The number of nitrogens with zero attached hydrogens (tertiary/aromatic N) is 1. The third-order valence-corrected chi connectivity index (χ3v) is 4.77. The van der Waals surface area contributed by atoms with Gasteiger partial charge in [-0.25, -0.2) is 0 Å². The van der Waals surface area contributed by atoms with Crippen molar-refractivity contribution in [2.45, 2.75) is 26.5 Å². The maximum atomic E-state index is 12.6. The molecule has 2 aromatic carbocycles. The molecule has 0 spiro atoms. The summed E-state index contributed by atoms with van der Waals surface area (Å²) in [6.07, 6.45) is 1.67. The second-order valence-electron chi connectivity index (χ2n) is 6.82. The molecule has 0 saturated carbocycles. The average molecular weight is 402 g/mol. The van der Waals surface area contributed by atoms with Gasteiger partial charge in [-0.1, -0.05) is 44.7 Å². The minimum atomic E-state index is -0.209. The van der Waals surface area contributed by atoms with Gasteiger partial charge in [0, 0.05) is 17.3 Å². The molecule has 0 radical (unpaired) electrons. The van der Waals surface area contributed by atoms with Crippen LogP contribution in [0, 0.1) is 5.92 Å². The molecule has 0 aromatic heterocycles. The fourth-order valence-electron chi connectivity index (χ4n) is 2.97. The largest absolute Gasteiger partial charge is 0.486 e. The SMILES string of the molecule is C=CC(Oc1ccccc1CN(C(=O)CCl)c1ccc2c(c1)OCO2)C(C)C. The maximum absolute atomic E-state index is 12.6. The summed E-state index contributed by atoms with van der Waals surface area (Å²) in [5.41, 5.74) is 1.57. The summed E-state index contributed by atoms with van der Waals surface area (Å²) in [6, 6.07) is 13.1. The van der Waals surface area contributed by atoms with Gasteiger partial charge in [-0.2, -0.15) is 0 Å². The zero-order chi connectivity index (χ0) is 20.1. The monoisotopic (exact) mass is 401 g/mol. The van der Waals surface area contributed by atoms with Crippen molar-refractivity contribution in [2.75, 3.05) is 17.6 Å². The molecule has 3 rings (SSSR count). The van der Waals surface area contributed by atoms with Crippen LogP contribution >= 0.6 is 11.6 Å². The predicted octanol–water partition coefficient (Wildman–Crippen LogP) is 4.78. The number of ether oxygens (including phenoxy) is 3. The number of fused-ring (bicyclic) bond motifs is 1. The van der Waals surface area contributed by atoms with Crippen molar-refractivity contribution in [1.82, 2.24) is 0 Å². The highest BCUT2D eigenvalue weighted by Gasteiger charge is 2.22. The zero-order valence-corrected chi connectivity index (χ0v) is 16.8. The first-order chi connectivity index (χ1) is 13.5. The molecule has 0 aliphatic carbocycles. The van der Waals surface area contributed by atoms with Crippen LogP contribution in [-0.2, 0) is 11.3 Å². The van der Waals surface area contributed by atoms with Gasteiger partial charge in [-0.15, -0.1) is 11.6 Å². The molecule has 1 unspecified atom stereocenters. The lowest BCUT2D eigenvalue weighted by molar-refractivity contribution is -0.116. The number of hydrogen-bond donors (Lipinski definition) is 0. The van der Waals surface area contributed by atoms with Crippen molar-refractivity contribution in [3.8, 4) is 17.2 Å². The van der Waals surface area contributed by atoms with Crippen molar-refractivity contribution in [3.05, 3.63) is 60.7 Å². The molecule has 0 saturated heterocycles. The smallest absolute Gasteiger partial charge is 0.242 e. The Morgan fingerprint density at radius 3 is 2.71 bits per heavy atom. The number of carbonyl (C=O) groups is 1. The Labute approximate surface area is 170 Å². The van der Waals surface area contributed by atoms with Crippen molar-refractivity contribution < 1.29 is 19.0 Å². The molecule has 2 aromatic rings. The van der Waals surface area contributed by atoms with E-state index in [1.807, 2.05) is 30.3 Å². The fraction of sp³-hybridized carbons (Fsp3) is 0.318. The van der Waals surface area contributed by atoms with Crippen LogP contribution in [0.3, 0.4) is 0 Å². The van der Waals surface area contributed by atoms with Crippen molar-refractivity contribution in [1.29, 1.82) is 0 Å². The summed E-state index contributed by atoms with van der Waals surface area (Å²) < 4.78 is 16.9. The number of benzene rings is 2. The number of carbonyl (C=O) groups excluding carboxylic acids is 1. The van der Waals surface area contributed by atoms with Crippen LogP contribution in [0.15, 0.2) is 55.1 Å². The summed E-state index contributed by atoms with van der Waals surface area (Å²) in [7, 11) is 0. The van der Waals surface area contributed by atoms with E-state index in [-0.39, 0.29) is 30.6 Å². The number of anilines is 1. The van der Waals surface area contributed by atoms with Gasteiger partial charge < -0.3 is 19.1 Å². The molecule has 5 nitrogen and oxygen atoms in total. The minimum Gasteiger partial charge on any atom is -0.486 e. The van der Waals surface area contributed by atoms with Crippen LogP contribution in [0.4, 0.5) is 5.69 Å². The number of halogens is 1. The van der Waals surface area contributed by atoms with E-state index < -0.39 is 0 Å². The third kappa shape index (κ3) is 4.42. The second kappa shape index (κ2) is 9.02. The quantitative estimate of drug-likeness (QED) is 0.472. The zero-order valence-electron chi connectivity index (χ0n) is 16.1. The lowest BCUT2D eigenvalue weighted by Gasteiger charge is -2.25. The van der Waals surface area contributed by atoms with Gasteiger partial charge in [0.15, 0.2) is 11.5 Å². The highest BCUT2D eigenvalue weighted by atomic mass is 35.5. The summed E-state index contributed by atoms with van der Waals surface area (Å²) in [6.45, 7) is 8.51. The van der Waals surface area contributed by atoms with Gasteiger partial charge in [0.25, 0.3) is 0 Å². The Kier molecular flexibility index (Phi) is 6.47. The van der Waals surface area contributed by atoms with Gasteiger partial charge in [0.1, 0.15) is 17.7 Å². The summed E-state index contributed by atoms with van der Waals surface area (Å²) in [5.74, 6) is 1.93. The lowest BCUT2D eigenvalue weighted by Crippen LogP contribution is -2.31. The Morgan fingerprint density at radius 2 is 2.00 bits per heavy atom. The average Bonchev–Trinajstić information content (AvgIpc) is 3.18. The Bertz CT molecular complexity index is 852. The molecule has 6 heteroatoms. The molecule has 28 heavy (non-hydrogen) atoms. The molecule has 1 atom stereocenters. The van der Waals surface area contributed by atoms with E-state index in [2.05, 4.69) is 20.4 Å². The standard InChI is InChI=1S/C22H24ClNO4/c1-4-18(15(2)3)28-19-8-6-5-7-16(19)13-24(22(25)12-23)17-9-10-20-21(11-17)27-14-26-20/h4-11,15,18H,1,12-14H2,2-3H3. The predicted molar refractivity (Wildman–Crippen MR) is 110 cm³/mol. The number of rotatable bonds is 8. The summed E-state index contributed by atoms with van der Waals surface area (Å²) >= 11 is 5.88.